The van der Waals surface area contributed by atoms with Crippen molar-refractivity contribution in [2.75, 3.05) is 0 Å². The first-order valence-corrected chi connectivity index (χ1v) is 6.21. The first-order valence-electron chi connectivity index (χ1n) is 6.21. The summed E-state index contributed by atoms with van der Waals surface area (Å²) in [6.07, 6.45) is 2.26. The first kappa shape index (κ1) is 12.4. The average Bonchev–Trinajstić information content (AvgIpc) is 2.94. The quantitative estimate of drug-likeness (QED) is 0.712. The third-order valence-corrected chi connectivity index (χ3v) is 2.83. The van der Waals surface area contributed by atoms with Crippen LogP contribution in [0, 0.1) is 5.82 Å². The van der Waals surface area contributed by atoms with Crippen LogP contribution in [0.5, 0.6) is 11.5 Å². The van der Waals surface area contributed by atoms with E-state index in [1.54, 1.807) is 18.4 Å². The summed E-state index contributed by atoms with van der Waals surface area (Å²) in [5.74, 6) is 0.832. The second kappa shape index (κ2) is 5.57. The Bertz CT molecular complexity index is 678. The van der Waals surface area contributed by atoms with Gasteiger partial charge in [-0.3, -0.25) is 0 Å². The van der Waals surface area contributed by atoms with Crippen LogP contribution < -0.4 is 4.74 Å². The molecule has 2 aromatic carbocycles. The Morgan fingerprint density at radius 3 is 2.55 bits per heavy atom. The molecule has 0 saturated carbocycles. The molecule has 0 unspecified atom stereocenters. The standard InChI is InChI=1S/C16H12FNO2/c17-13-2-1-3-16(11-13)20-15-6-4-12(5-7-15)10-14-8-9-19-18-14/h1-9,11H,10H2. The summed E-state index contributed by atoms with van der Waals surface area (Å²) in [4.78, 5) is 0. The van der Waals surface area contributed by atoms with Crippen LogP contribution in [0.2, 0.25) is 0 Å². The van der Waals surface area contributed by atoms with Crippen molar-refractivity contribution in [2.45, 2.75) is 6.42 Å². The minimum Gasteiger partial charge on any atom is -0.457 e. The zero-order chi connectivity index (χ0) is 13.8. The number of aromatic nitrogens is 1. The normalized spacial score (nSPS) is 10.4. The van der Waals surface area contributed by atoms with Crippen molar-refractivity contribution in [3.8, 4) is 11.5 Å². The highest BCUT2D eigenvalue weighted by molar-refractivity contribution is 5.34. The molecule has 1 heterocycles. The first-order chi connectivity index (χ1) is 9.79. The molecule has 0 bridgehead atoms. The largest absolute Gasteiger partial charge is 0.457 e. The predicted molar refractivity (Wildman–Crippen MR) is 72.2 cm³/mol. The summed E-state index contributed by atoms with van der Waals surface area (Å²) in [5.41, 5.74) is 1.98. The van der Waals surface area contributed by atoms with Crippen LogP contribution in [0.3, 0.4) is 0 Å². The number of hydrogen-bond acceptors (Lipinski definition) is 3. The summed E-state index contributed by atoms with van der Waals surface area (Å²) in [5, 5.41) is 3.86. The molecule has 0 radical (unpaired) electrons. The molecule has 1 aromatic heterocycles. The van der Waals surface area contributed by atoms with Gasteiger partial charge >= 0.3 is 0 Å². The molecule has 20 heavy (non-hydrogen) atoms. The van der Waals surface area contributed by atoms with Crippen molar-refractivity contribution in [3.63, 3.8) is 0 Å². The third kappa shape index (κ3) is 3.03. The monoisotopic (exact) mass is 269 g/mol. The summed E-state index contributed by atoms with van der Waals surface area (Å²) in [6.45, 7) is 0. The van der Waals surface area contributed by atoms with Gasteiger partial charge in [-0.25, -0.2) is 4.39 Å². The van der Waals surface area contributed by atoms with Gasteiger partial charge in [0.1, 0.15) is 23.6 Å². The Morgan fingerprint density at radius 1 is 1.00 bits per heavy atom. The molecule has 100 valence electrons. The van der Waals surface area contributed by atoms with Gasteiger partial charge in [0.15, 0.2) is 0 Å². The van der Waals surface area contributed by atoms with E-state index in [1.807, 2.05) is 30.3 Å². The molecule has 3 rings (SSSR count). The van der Waals surface area contributed by atoms with E-state index in [0.717, 1.165) is 11.3 Å². The lowest BCUT2D eigenvalue weighted by molar-refractivity contribution is 0.413. The predicted octanol–water partition coefficient (Wildman–Crippen LogP) is 4.20. The number of rotatable bonds is 4. The highest BCUT2D eigenvalue weighted by atomic mass is 19.1. The van der Waals surface area contributed by atoms with Crippen LogP contribution in [-0.4, -0.2) is 5.16 Å². The van der Waals surface area contributed by atoms with Gasteiger partial charge in [0.05, 0.1) is 5.69 Å². The molecule has 0 aliphatic carbocycles. The lowest BCUT2D eigenvalue weighted by Crippen LogP contribution is -1.89. The fourth-order valence-electron chi connectivity index (χ4n) is 1.88. The van der Waals surface area contributed by atoms with Crippen molar-refractivity contribution in [3.05, 3.63) is 77.9 Å². The molecular weight excluding hydrogens is 257 g/mol. The van der Waals surface area contributed by atoms with Gasteiger partial charge in [-0.15, -0.1) is 0 Å². The Labute approximate surface area is 115 Å². The van der Waals surface area contributed by atoms with Gasteiger partial charge in [0.25, 0.3) is 0 Å². The summed E-state index contributed by atoms with van der Waals surface area (Å²) < 4.78 is 23.4. The van der Waals surface area contributed by atoms with Gasteiger partial charge in [0.2, 0.25) is 0 Å². The minimum atomic E-state index is -0.315. The Balaban J connectivity index is 1.70. The second-order valence-corrected chi connectivity index (χ2v) is 4.37. The van der Waals surface area contributed by atoms with Crippen LogP contribution in [0.25, 0.3) is 0 Å². The zero-order valence-electron chi connectivity index (χ0n) is 10.6. The molecule has 0 aliphatic heterocycles. The van der Waals surface area contributed by atoms with Gasteiger partial charge < -0.3 is 9.26 Å². The topological polar surface area (TPSA) is 35.3 Å². The maximum absolute atomic E-state index is 13.0. The zero-order valence-corrected chi connectivity index (χ0v) is 10.6. The van der Waals surface area contributed by atoms with Gasteiger partial charge in [-0.2, -0.15) is 0 Å². The van der Waals surface area contributed by atoms with Crippen molar-refractivity contribution in [1.29, 1.82) is 0 Å². The van der Waals surface area contributed by atoms with Crippen LogP contribution in [0.15, 0.2) is 65.4 Å². The average molecular weight is 269 g/mol. The van der Waals surface area contributed by atoms with E-state index in [9.17, 15) is 4.39 Å². The highest BCUT2D eigenvalue weighted by Crippen LogP contribution is 2.22. The van der Waals surface area contributed by atoms with Crippen molar-refractivity contribution < 1.29 is 13.7 Å². The van der Waals surface area contributed by atoms with Crippen LogP contribution >= 0.6 is 0 Å². The van der Waals surface area contributed by atoms with Gasteiger partial charge in [0, 0.05) is 18.6 Å². The number of halogens is 1. The molecule has 0 aliphatic rings. The van der Waals surface area contributed by atoms with E-state index in [-0.39, 0.29) is 5.82 Å². The fourth-order valence-corrected chi connectivity index (χ4v) is 1.88. The molecule has 0 saturated heterocycles. The maximum Gasteiger partial charge on any atom is 0.130 e. The lowest BCUT2D eigenvalue weighted by Gasteiger charge is -2.06. The van der Waals surface area contributed by atoms with Crippen molar-refractivity contribution in [2.24, 2.45) is 0 Å². The minimum absolute atomic E-state index is 0.315. The fraction of sp³-hybridized carbons (Fsp3) is 0.0625. The van der Waals surface area contributed by atoms with Crippen molar-refractivity contribution >= 4 is 0 Å². The Hall–Kier alpha value is -2.62. The van der Waals surface area contributed by atoms with E-state index in [4.69, 9.17) is 9.26 Å². The summed E-state index contributed by atoms with van der Waals surface area (Å²) in [7, 11) is 0. The van der Waals surface area contributed by atoms with E-state index in [0.29, 0.717) is 17.9 Å². The lowest BCUT2D eigenvalue weighted by atomic mass is 10.1. The molecule has 3 nitrogen and oxygen atoms in total. The third-order valence-electron chi connectivity index (χ3n) is 2.83. The maximum atomic E-state index is 13.0. The van der Waals surface area contributed by atoms with Crippen molar-refractivity contribution in [1.82, 2.24) is 5.16 Å². The molecule has 0 fully saturated rings. The van der Waals surface area contributed by atoms with Gasteiger partial charge in [-0.1, -0.05) is 23.4 Å². The highest BCUT2D eigenvalue weighted by Gasteiger charge is 2.02. The second-order valence-electron chi connectivity index (χ2n) is 4.37. The number of hydrogen-bond donors (Lipinski definition) is 0. The molecule has 0 atom stereocenters. The molecule has 0 N–H and O–H groups in total. The van der Waals surface area contributed by atoms with E-state index < -0.39 is 0 Å². The molecule has 3 aromatic rings. The Morgan fingerprint density at radius 2 is 1.85 bits per heavy atom. The van der Waals surface area contributed by atoms with E-state index in [1.165, 1.54) is 12.1 Å². The SMILES string of the molecule is Fc1cccc(Oc2ccc(Cc3ccon3)cc2)c1. The number of nitrogens with zero attached hydrogens (tertiary/aromatic N) is 1. The molecule has 4 heteroatoms. The number of benzene rings is 2. The Kier molecular flexibility index (Phi) is 3.46. The van der Waals surface area contributed by atoms with Crippen LogP contribution in [0.4, 0.5) is 4.39 Å². The molecule has 0 spiro atoms. The summed E-state index contributed by atoms with van der Waals surface area (Å²) >= 11 is 0. The van der Waals surface area contributed by atoms with E-state index >= 15 is 0 Å². The van der Waals surface area contributed by atoms with Crippen LogP contribution in [-0.2, 0) is 6.42 Å². The smallest absolute Gasteiger partial charge is 0.130 e. The van der Waals surface area contributed by atoms with E-state index in [2.05, 4.69) is 5.16 Å². The summed E-state index contributed by atoms with van der Waals surface area (Å²) in [6, 6.07) is 15.5. The number of ether oxygens (including phenoxy) is 1. The van der Waals surface area contributed by atoms with Gasteiger partial charge in [-0.05, 0) is 29.8 Å². The van der Waals surface area contributed by atoms with Crippen LogP contribution in [0.1, 0.15) is 11.3 Å². The molecule has 0 amide bonds. The molecular formula is C16H12FNO2.